The first-order valence-corrected chi connectivity index (χ1v) is 6.81. The lowest BCUT2D eigenvalue weighted by atomic mass is 9.96. The Bertz CT molecular complexity index is 316. The zero-order chi connectivity index (χ0) is 11.4. The standard InChI is InChI=1S/C12H19N3S/c1-3-10-11(13-2)15-12(16-10)14-9-7-5-4-6-8-9/h3,9H,4-8H2,1-2H3,(H,13,14,15)/b10-3+. The van der Waals surface area contributed by atoms with E-state index in [2.05, 4.69) is 16.4 Å². The second-order valence-electron chi connectivity index (χ2n) is 4.18. The highest BCUT2D eigenvalue weighted by Gasteiger charge is 2.22. The second-order valence-corrected chi connectivity index (χ2v) is 5.21. The number of amidine groups is 2. The van der Waals surface area contributed by atoms with Crippen molar-refractivity contribution in [3.8, 4) is 0 Å². The van der Waals surface area contributed by atoms with Gasteiger partial charge in [-0.25, -0.2) is 0 Å². The summed E-state index contributed by atoms with van der Waals surface area (Å²) in [5.41, 5.74) is 0. The van der Waals surface area contributed by atoms with Crippen LogP contribution < -0.4 is 5.32 Å². The molecular weight excluding hydrogens is 218 g/mol. The Morgan fingerprint density at radius 1 is 1.31 bits per heavy atom. The van der Waals surface area contributed by atoms with Crippen LogP contribution >= 0.6 is 11.8 Å². The molecule has 1 saturated carbocycles. The molecule has 0 unspecified atom stereocenters. The molecule has 2 fully saturated rings. The molecule has 16 heavy (non-hydrogen) atoms. The molecule has 1 heterocycles. The van der Waals surface area contributed by atoms with E-state index in [4.69, 9.17) is 4.99 Å². The van der Waals surface area contributed by atoms with Crippen molar-refractivity contribution in [1.29, 1.82) is 0 Å². The van der Waals surface area contributed by atoms with E-state index in [-0.39, 0.29) is 0 Å². The summed E-state index contributed by atoms with van der Waals surface area (Å²) in [6.07, 6.45) is 8.62. The van der Waals surface area contributed by atoms with Gasteiger partial charge >= 0.3 is 0 Å². The zero-order valence-electron chi connectivity index (χ0n) is 9.99. The normalized spacial score (nSPS) is 30.2. The Hall–Kier alpha value is -0.770. The van der Waals surface area contributed by atoms with E-state index in [1.807, 2.05) is 14.0 Å². The van der Waals surface area contributed by atoms with Gasteiger partial charge in [0.25, 0.3) is 0 Å². The number of hydrogen-bond donors (Lipinski definition) is 1. The molecule has 0 radical (unpaired) electrons. The first-order chi connectivity index (χ1) is 7.83. The monoisotopic (exact) mass is 237 g/mol. The van der Waals surface area contributed by atoms with Crippen LogP contribution in [0.1, 0.15) is 39.0 Å². The Balaban J connectivity index is 2.03. The fourth-order valence-corrected chi connectivity index (χ4v) is 3.05. The summed E-state index contributed by atoms with van der Waals surface area (Å²) < 4.78 is 0. The van der Waals surface area contributed by atoms with E-state index >= 15 is 0 Å². The molecule has 1 aliphatic heterocycles. The highest BCUT2D eigenvalue weighted by Crippen LogP contribution is 2.27. The smallest absolute Gasteiger partial charge is 0.167 e. The Morgan fingerprint density at radius 3 is 2.62 bits per heavy atom. The number of aliphatic imine (C=N–C) groups is 2. The van der Waals surface area contributed by atoms with Gasteiger partial charge in [0, 0.05) is 7.05 Å². The molecule has 0 aromatic carbocycles. The molecule has 2 rings (SSSR count). The third-order valence-corrected chi connectivity index (χ3v) is 4.08. The van der Waals surface area contributed by atoms with E-state index in [1.165, 1.54) is 37.0 Å². The highest BCUT2D eigenvalue weighted by molar-refractivity contribution is 8.18. The molecule has 1 N–H and O–H groups in total. The fourth-order valence-electron chi connectivity index (χ4n) is 2.14. The lowest BCUT2D eigenvalue weighted by Gasteiger charge is -2.17. The maximum atomic E-state index is 4.78. The van der Waals surface area contributed by atoms with Crippen molar-refractivity contribution in [3.63, 3.8) is 0 Å². The van der Waals surface area contributed by atoms with Crippen molar-refractivity contribution in [3.05, 3.63) is 11.0 Å². The lowest BCUT2D eigenvalue weighted by molar-refractivity contribution is 0.443. The molecule has 0 amide bonds. The van der Waals surface area contributed by atoms with Crippen LogP contribution in [-0.2, 0) is 0 Å². The quantitative estimate of drug-likeness (QED) is 0.761. The molecule has 2 aliphatic rings. The van der Waals surface area contributed by atoms with Gasteiger partial charge in [-0.3, -0.25) is 9.98 Å². The van der Waals surface area contributed by atoms with Gasteiger partial charge in [-0.15, -0.1) is 0 Å². The minimum atomic E-state index is 0.526. The van der Waals surface area contributed by atoms with E-state index < -0.39 is 0 Å². The van der Waals surface area contributed by atoms with Crippen molar-refractivity contribution in [2.45, 2.75) is 45.1 Å². The second kappa shape index (κ2) is 5.53. The molecule has 0 bridgehead atoms. The van der Waals surface area contributed by atoms with Gasteiger partial charge in [0.05, 0.1) is 10.9 Å². The predicted molar refractivity (Wildman–Crippen MR) is 72.2 cm³/mol. The van der Waals surface area contributed by atoms with Crippen LogP contribution in [0.2, 0.25) is 0 Å². The average molecular weight is 237 g/mol. The number of rotatable bonds is 1. The molecule has 0 aromatic heterocycles. The summed E-state index contributed by atoms with van der Waals surface area (Å²) in [4.78, 5) is 10.2. The highest BCUT2D eigenvalue weighted by atomic mass is 32.2. The van der Waals surface area contributed by atoms with E-state index in [0.29, 0.717) is 6.04 Å². The largest absolute Gasteiger partial charge is 0.319 e. The van der Waals surface area contributed by atoms with Crippen molar-refractivity contribution >= 4 is 22.8 Å². The number of nitrogens with zero attached hydrogens (tertiary/aromatic N) is 2. The van der Waals surface area contributed by atoms with Gasteiger partial charge in [-0.05, 0) is 31.5 Å². The van der Waals surface area contributed by atoms with E-state index in [9.17, 15) is 0 Å². The number of nitrogens with one attached hydrogen (secondary N) is 1. The van der Waals surface area contributed by atoms with E-state index in [0.717, 1.165) is 11.0 Å². The van der Waals surface area contributed by atoms with Crippen LogP contribution in [0.4, 0.5) is 0 Å². The van der Waals surface area contributed by atoms with Crippen LogP contribution in [0, 0.1) is 0 Å². The molecule has 0 spiro atoms. The van der Waals surface area contributed by atoms with Crippen molar-refractivity contribution in [2.24, 2.45) is 9.98 Å². The van der Waals surface area contributed by atoms with Gasteiger partial charge in [-0.2, -0.15) is 0 Å². The van der Waals surface area contributed by atoms with Crippen LogP contribution in [-0.4, -0.2) is 24.1 Å². The summed E-state index contributed by atoms with van der Waals surface area (Å²) in [7, 11) is 1.82. The molecule has 88 valence electrons. The first kappa shape index (κ1) is 11.7. The summed E-state index contributed by atoms with van der Waals surface area (Å²) in [5.74, 6) is 0.960. The molecule has 1 saturated heterocycles. The Kier molecular flexibility index (Phi) is 4.04. The molecule has 4 heteroatoms. The van der Waals surface area contributed by atoms with Crippen LogP contribution in [0.3, 0.4) is 0 Å². The summed E-state index contributed by atoms with van der Waals surface area (Å²) in [6.45, 7) is 2.04. The van der Waals surface area contributed by atoms with Gasteiger partial charge in [-0.1, -0.05) is 25.3 Å². The third-order valence-electron chi connectivity index (χ3n) is 3.03. The maximum Gasteiger partial charge on any atom is 0.167 e. The minimum absolute atomic E-state index is 0.526. The van der Waals surface area contributed by atoms with Crippen LogP contribution in [0.5, 0.6) is 0 Å². The minimum Gasteiger partial charge on any atom is -0.319 e. The van der Waals surface area contributed by atoms with Crippen LogP contribution in [0.25, 0.3) is 0 Å². The molecule has 0 atom stereocenters. The van der Waals surface area contributed by atoms with Gasteiger partial charge in [0.15, 0.2) is 5.17 Å². The molecule has 1 aliphatic carbocycles. The number of allylic oxidation sites excluding steroid dienone is 1. The summed E-state index contributed by atoms with van der Waals surface area (Å²) in [5, 5.41) is 4.31. The molecular formula is C12H19N3S. The Morgan fingerprint density at radius 2 is 2.06 bits per heavy atom. The number of hydrogen-bond acceptors (Lipinski definition) is 3. The summed E-state index contributed by atoms with van der Waals surface area (Å²) >= 11 is 1.71. The SMILES string of the molecule is C/C=C1/SC(=NC2CCCCC2)NC1=NC. The Labute approximate surface area is 102 Å². The molecule has 0 aromatic rings. The average Bonchev–Trinajstić information content (AvgIpc) is 2.72. The van der Waals surface area contributed by atoms with E-state index in [1.54, 1.807) is 11.8 Å². The predicted octanol–water partition coefficient (Wildman–Crippen LogP) is 2.94. The van der Waals surface area contributed by atoms with Crippen molar-refractivity contribution in [2.75, 3.05) is 7.05 Å². The van der Waals surface area contributed by atoms with Gasteiger partial charge in [0.1, 0.15) is 5.84 Å². The first-order valence-electron chi connectivity index (χ1n) is 5.99. The van der Waals surface area contributed by atoms with Crippen LogP contribution in [0.15, 0.2) is 21.0 Å². The summed E-state index contributed by atoms with van der Waals surface area (Å²) in [6, 6.07) is 0.526. The fraction of sp³-hybridized carbons (Fsp3) is 0.667. The van der Waals surface area contributed by atoms with Crippen molar-refractivity contribution < 1.29 is 0 Å². The lowest BCUT2D eigenvalue weighted by Crippen LogP contribution is -2.22. The van der Waals surface area contributed by atoms with Gasteiger partial charge < -0.3 is 5.32 Å². The molecule has 3 nitrogen and oxygen atoms in total. The van der Waals surface area contributed by atoms with Crippen molar-refractivity contribution in [1.82, 2.24) is 5.32 Å². The zero-order valence-corrected chi connectivity index (χ0v) is 10.8. The number of thioether (sulfide) groups is 1. The third kappa shape index (κ3) is 2.67. The van der Waals surface area contributed by atoms with Gasteiger partial charge in [0.2, 0.25) is 0 Å². The topological polar surface area (TPSA) is 36.8 Å². The maximum absolute atomic E-state index is 4.78.